The maximum absolute atomic E-state index is 11.7. The molecule has 0 saturated carbocycles. The summed E-state index contributed by atoms with van der Waals surface area (Å²) < 4.78 is 23.3. The molecule has 2 fully saturated rings. The lowest BCUT2D eigenvalue weighted by Gasteiger charge is -2.22. The molecule has 0 bridgehead atoms. The normalized spacial score (nSPS) is 28.6. The van der Waals surface area contributed by atoms with Crippen LogP contribution in [-0.2, 0) is 19.4 Å². The molecule has 2 saturated heterocycles. The van der Waals surface area contributed by atoms with Crippen molar-refractivity contribution in [2.45, 2.75) is 24.1 Å². The molecule has 116 valence electrons. The van der Waals surface area contributed by atoms with Crippen molar-refractivity contribution in [1.29, 1.82) is 0 Å². The molecule has 2 aliphatic heterocycles. The summed E-state index contributed by atoms with van der Waals surface area (Å²) in [4.78, 5) is 27.6. The van der Waals surface area contributed by atoms with Crippen molar-refractivity contribution in [3.05, 3.63) is 12.7 Å². The number of nitrogens with zero attached hydrogens (tertiary/aromatic N) is 2. The molecule has 2 rings (SSSR count). The zero-order valence-corrected chi connectivity index (χ0v) is 12.9. The Morgan fingerprint density at radius 2 is 2.14 bits per heavy atom. The van der Waals surface area contributed by atoms with Crippen LogP contribution in [-0.4, -0.2) is 59.7 Å². The average Bonchev–Trinajstić information content (AvgIpc) is 2.81. The Morgan fingerprint density at radius 3 is 2.76 bits per heavy atom. The molecule has 21 heavy (non-hydrogen) atoms. The second-order valence-electron chi connectivity index (χ2n) is 4.90. The zero-order chi connectivity index (χ0) is 15.6. The summed E-state index contributed by atoms with van der Waals surface area (Å²) in [6.45, 7) is 4.02. The van der Waals surface area contributed by atoms with Gasteiger partial charge in [0, 0.05) is 24.2 Å². The lowest BCUT2D eigenvalue weighted by Crippen LogP contribution is -2.37. The fraction of sp³-hybridized carbons (Fsp3) is 0.583. The van der Waals surface area contributed by atoms with Gasteiger partial charge in [0.25, 0.3) is 0 Å². The number of hydrogen-bond donors (Lipinski definition) is 0. The Morgan fingerprint density at radius 1 is 1.43 bits per heavy atom. The van der Waals surface area contributed by atoms with Gasteiger partial charge in [0.1, 0.15) is 0 Å². The lowest BCUT2D eigenvalue weighted by molar-refractivity contribution is -0.305. The fourth-order valence-corrected chi connectivity index (χ4v) is 6.34. The third-order valence-corrected chi connectivity index (χ3v) is 6.51. The quantitative estimate of drug-likeness (QED) is 0.582. The Bertz CT molecular complexity index is 599. The van der Waals surface area contributed by atoms with Crippen molar-refractivity contribution in [2.75, 3.05) is 18.1 Å². The van der Waals surface area contributed by atoms with Crippen LogP contribution in [0, 0.1) is 0 Å². The molecule has 7 nitrogen and oxygen atoms in total. The number of fused-ring (bicyclic) bond motifs is 1. The van der Waals surface area contributed by atoms with Gasteiger partial charge < -0.3 is 14.8 Å². The van der Waals surface area contributed by atoms with E-state index in [0.717, 1.165) is 0 Å². The Hall–Kier alpha value is -1.35. The number of carbonyl (C=O) groups excluding carboxylic acids is 2. The maximum atomic E-state index is 11.7. The number of amides is 1. The highest BCUT2D eigenvalue weighted by Gasteiger charge is 2.48. The van der Waals surface area contributed by atoms with Crippen LogP contribution in [0.4, 0.5) is 0 Å². The van der Waals surface area contributed by atoms with Crippen LogP contribution in [0.2, 0.25) is 0 Å². The van der Waals surface area contributed by atoms with Crippen LogP contribution in [0.5, 0.6) is 0 Å². The molecule has 9 heteroatoms. The Labute approximate surface area is 127 Å². The maximum Gasteiger partial charge on any atom is 0.248 e. The summed E-state index contributed by atoms with van der Waals surface area (Å²) in [6.07, 6.45) is 1.03. The summed E-state index contributed by atoms with van der Waals surface area (Å²) >= 11 is 1.26. The van der Waals surface area contributed by atoms with Crippen LogP contribution < -0.4 is 5.11 Å². The zero-order valence-electron chi connectivity index (χ0n) is 11.2. The Kier molecular flexibility index (Phi) is 4.72. The highest BCUT2D eigenvalue weighted by molar-refractivity contribution is 8.15. The van der Waals surface area contributed by atoms with E-state index >= 15 is 0 Å². The van der Waals surface area contributed by atoms with Crippen molar-refractivity contribution in [3.63, 3.8) is 0 Å². The molecule has 0 radical (unpaired) electrons. The molecular weight excluding hydrogens is 316 g/mol. The SMILES string of the molecule is C=CCN1C(=NC(=O)CCC(=O)[O-])S[C@H]2CS(=O)(=O)C[C@@H]21. The van der Waals surface area contributed by atoms with Gasteiger partial charge in [-0.15, -0.1) is 6.58 Å². The van der Waals surface area contributed by atoms with E-state index in [1.165, 1.54) is 11.8 Å². The first-order chi connectivity index (χ1) is 9.82. The van der Waals surface area contributed by atoms with Crippen molar-refractivity contribution in [1.82, 2.24) is 4.90 Å². The number of carboxylic acid groups (broad SMARTS) is 1. The monoisotopic (exact) mass is 331 g/mol. The van der Waals surface area contributed by atoms with Gasteiger partial charge in [0.05, 0.1) is 17.5 Å². The van der Waals surface area contributed by atoms with Crippen LogP contribution in [0.15, 0.2) is 17.6 Å². The van der Waals surface area contributed by atoms with Gasteiger partial charge in [-0.25, -0.2) is 8.42 Å². The van der Waals surface area contributed by atoms with Gasteiger partial charge in [-0.3, -0.25) is 4.79 Å². The van der Waals surface area contributed by atoms with Crippen LogP contribution in [0.3, 0.4) is 0 Å². The fourth-order valence-electron chi connectivity index (χ4n) is 2.36. The van der Waals surface area contributed by atoms with E-state index in [-0.39, 0.29) is 35.6 Å². The minimum Gasteiger partial charge on any atom is -0.550 e. The van der Waals surface area contributed by atoms with Gasteiger partial charge in [-0.2, -0.15) is 4.99 Å². The minimum atomic E-state index is -3.05. The molecule has 0 aromatic rings. The molecule has 0 N–H and O–H groups in total. The van der Waals surface area contributed by atoms with E-state index in [9.17, 15) is 23.1 Å². The Balaban J connectivity index is 2.12. The van der Waals surface area contributed by atoms with E-state index in [4.69, 9.17) is 0 Å². The number of amidine groups is 1. The first kappa shape index (κ1) is 16.0. The van der Waals surface area contributed by atoms with Crippen molar-refractivity contribution >= 4 is 38.6 Å². The topological polar surface area (TPSA) is 107 Å². The van der Waals surface area contributed by atoms with Gasteiger partial charge >= 0.3 is 0 Å². The van der Waals surface area contributed by atoms with Gasteiger partial charge in [0.2, 0.25) is 5.91 Å². The molecule has 0 aromatic heterocycles. The number of carbonyl (C=O) groups is 2. The number of aliphatic imine (C=N–C) groups is 1. The summed E-state index contributed by atoms with van der Waals surface area (Å²) in [5.41, 5.74) is 0. The number of thioether (sulfide) groups is 1. The number of hydrogen-bond acceptors (Lipinski definition) is 6. The largest absolute Gasteiger partial charge is 0.550 e. The van der Waals surface area contributed by atoms with E-state index < -0.39 is 21.7 Å². The second kappa shape index (κ2) is 6.18. The predicted octanol–water partition coefficient (Wildman–Crippen LogP) is -1.20. The summed E-state index contributed by atoms with van der Waals surface area (Å²) in [6, 6.07) is -0.203. The highest BCUT2D eigenvalue weighted by atomic mass is 32.2. The van der Waals surface area contributed by atoms with Gasteiger partial charge in [0.15, 0.2) is 15.0 Å². The molecule has 0 unspecified atom stereocenters. The first-order valence-corrected chi connectivity index (χ1v) is 9.08. The predicted molar refractivity (Wildman–Crippen MR) is 77.4 cm³/mol. The number of carboxylic acids is 1. The summed E-state index contributed by atoms with van der Waals surface area (Å²) in [7, 11) is -3.05. The van der Waals surface area contributed by atoms with E-state index in [2.05, 4.69) is 11.6 Å². The van der Waals surface area contributed by atoms with Crippen LogP contribution in [0.1, 0.15) is 12.8 Å². The minimum absolute atomic E-state index is 0.0464. The third kappa shape index (κ3) is 3.85. The lowest BCUT2D eigenvalue weighted by atomic mass is 10.2. The molecule has 0 aliphatic carbocycles. The molecule has 1 amide bonds. The molecule has 2 atom stereocenters. The highest BCUT2D eigenvalue weighted by Crippen LogP contribution is 2.37. The smallest absolute Gasteiger partial charge is 0.248 e. The average molecular weight is 331 g/mol. The third-order valence-electron chi connectivity index (χ3n) is 3.26. The molecule has 2 aliphatic rings. The number of rotatable bonds is 5. The van der Waals surface area contributed by atoms with Crippen molar-refractivity contribution in [2.24, 2.45) is 4.99 Å². The number of aliphatic carboxylic acids is 1. The van der Waals surface area contributed by atoms with Gasteiger partial charge in [-0.05, 0) is 6.42 Å². The first-order valence-electron chi connectivity index (χ1n) is 6.38. The van der Waals surface area contributed by atoms with Crippen LogP contribution >= 0.6 is 11.8 Å². The molecular formula is C12H15N2O5S2-. The summed E-state index contributed by atoms with van der Waals surface area (Å²) in [5, 5.41) is 10.6. The van der Waals surface area contributed by atoms with Crippen LogP contribution in [0.25, 0.3) is 0 Å². The second-order valence-corrected chi connectivity index (χ2v) is 8.26. The van der Waals surface area contributed by atoms with E-state index in [0.29, 0.717) is 11.7 Å². The number of sulfone groups is 1. The van der Waals surface area contributed by atoms with Crippen molar-refractivity contribution in [3.8, 4) is 0 Å². The molecule has 0 spiro atoms. The molecule has 2 heterocycles. The standard InChI is InChI=1S/C12H16N2O5S2/c1-2-5-14-8-6-21(18,19)7-9(8)20-12(14)13-10(15)3-4-11(16)17/h2,8-9H,1,3-7H2,(H,16,17)/p-1/t8-,9-/m0/s1. The van der Waals surface area contributed by atoms with E-state index in [1.54, 1.807) is 11.0 Å². The van der Waals surface area contributed by atoms with Crippen molar-refractivity contribution < 1.29 is 23.1 Å². The molecule has 0 aromatic carbocycles. The van der Waals surface area contributed by atoms with Gasteiger partial charge in [-0.1, -0.05) is 17.8 Å². The van der Waals surface area contributed by atoms with E-state index in [1.807, 2.05) is 0 Å². The summed E-state index contributed by atoms with van der Waals surface area (Å²) in [5.74, 6) is -1.72.